The van der Waals surface area contributed by atoms with Gasteiger partial charge in [-0.05, 0) is 6.42 Å². The molecule has 13 heavy (non-hydrogen) atoms. The molecule has 5 nitrogen and oxygen atoms in total. The van der Waals surface area contributed by atoms with Crippen LogP contribution in [0.15, 0.2) is 15.5 Å². The molecule has 0 aromatic carbocycles. The van der Waals surface area contributed by atoms with Crippen molar-refractivity contribution in [2.24, 2.45) is 0 Å². The van der Waals surface area contributed by atoms with Gasteiger partial charge in [0.25, 0.3) is 11.3 Å². The van der Waals surface area contributed by atoms with Crippen molar-refractivity contribution >= 4 is 11.2 Å². The Balaban J connectivity index is 2.62. The highest BCUT2D eigenvalue weighted by molar-refractivity contribution is 5.65. The van der Waals surface area contributed by atoms with E-state index in [1.165, 1.54) is 6.33 Å². The molecule has 5 heteroatoms. The summed E-state index contributed by atoms with van der Waals surface area (Å²) in [6, 6.07) is 0. The predicted octanol–water partition coefficient (Wildman–Crippen LogP) is 0.864. The van der Waals surface area contributed by atoms with Crippen LogP contribution < -0.4 is 5.56 Å². The fourth-order valence-electron chi connectivity index (χ4n) is 1.13. The van der Waals surface area contributed by atoms with E-state index >= 15 is 0 Å². The second-order valence-corrected chi connectivity index (χ2v) is 2.74. The summed E-state index contributed by atoms with van der Waals surface area (Å²) in [6.07, 6.45) is 2.98. The second kappa shape index (κ2) is 3.01. The van der Waals surface area contributed by atoms with E-state index in [9.17, 15) is 4.79 Å². The molecule has 0 unspecified atom stereocenters. The summed E-state index contributed by atoms with van der Waals surface area (Å²) in [4.78, 5) is 21.5. The Morgan fingerprint density at radius 3 is 3.15 bits per heavy atom. The summed E-state index contributed by atoms with van der Waals surface area (Å²) in [5.41, 5.74) is 0.342. The summed E-state index contributed by atoms with van der Waals surface area (Å²) in [5, 5.41) is 0. The SMILES string of the molecule is CCCc1nc2c(=O)[nH]cnc2o1. The van der Waals surface area contributed by atoms with Crippen molar-refractivity contribution in [1.29, 1.82) is 0 Å². The van der Waals surface area contributed by atoms with Gasteiger partial charge in [0.1, 0.15) is 0 Å². The zero-order chi connectivity index (χ0) is 9.26. The third kappa shape index (κ3) is 1.32. The molecule has 2 aromatic heterocycles. The van der Waals surface area contributed by atoms with Crippen LogP contribution in [0.1, 0.15) is 19.2 Å². The summed E-state index contributed by atoms with van der Waals surface area (Å²) >= 11 is 0. The lowest BCUT2D eigenvalue weighted by Crippen LogP contribution is -2.05. The number of hydrogen-bond donors (Lipinski definition) is 1. The van der Waals surface area contributed by atoms with Gasteiger partial charge in [0.05, 0.1) is 6.33 Å². The Labute approximate surface area is 73.8 Å². The fraction of sp³-hybridized carbons (Fsp3) is 0.375. The van der Waals surface area contributed by atoms with E-state index in [0.29, 0.717) is 11.6 Å². The first-order valence-corrected chi connectivity index (χ1v) is 4.14. The topological polar surface area (TPSA) is 71.8 Å². The Hall–Kier alpha value is -1.65. The van der Waals surface area contributed by atoms with E-state index in [-0.39, 0.29) is 11.1 Å². The standard InChI is InChI=1S/C8H9N3O2/c1-2-3-5-11-6-7(12)9-4-10-8(6)13-5/h4H,2-3H2,1H3,(H,9,10,12). The summed E-state index contributed by atoms with van der Waals surface area (Å²) < 4.78 is 5.25. The normalized spacial score (nSPS) is 10.8. The van der Waals surface area contributed by atoms with Crippen molar-refractivity contribution < 1.29 is 4.42 Å². The summed E-state index contributed by atoms with van der Waals surface area (Å²) in [5.74, 6) is 0.571. The number of oxazole rings is 1. The lowest BCUT2D eigenvalue weighted by molar-refractivity contribution is 0.517. The molecule has 2 aromatic rings. The molecule has 0 radical (unpaired) electrons. The van der Waals surface area contributed by atoms with Gasteiger partial charge in [-0.15, -0.1) is 0 Å². The number of aryl methyl sites for hydroxylation is 1. The first kappa shape index (κ1) is 7.97. The number of H-pyrrole nitrogens is 1. The van der Waals surface area contributed by atoms with Crippen molar-refractivity contribution in [3.05, 3.63) is 22.6 Å². The summed E-state index contributed by atoms with van der Waals surface area (Å²) in [6.45, 7) is 2.02. The Morgan fingerprint density at radius 2 is 2.46 bits per heavy atom. The first-order chi connectivity index (χ1) is 6.31. The zero-order valence-electron chi connectivity index (χ0n) is 7.20. The summed E-state index contributed by atoms with van der Waals surface area (Å²) in [7, 11) is 0. The van der Waals surface area contributed by atoms with Crippen LogP contribution in [0.2, 0.25) is 0 Å². The molecule has 0 saturated heterocycles. The number of hydrogen-bond acceptors (Lipinski definition) is 4. The minimum Gasteiger partial charge on any atom is -0.422 e. The molecule has 0 atom stereocenters. The molecular weight excluding hydrogens is 170 g/mol. The molecule has 0 amide bonds. The molecule has 2 rings (SSSR count). The van der Waals surface area contributed by atoms with Crippen molar-refractivity contribution in [1.82, 2.24) is 15.0 Å². The van der Waals surface area contributed by atoms with Crippen LogP contribution >= 0.6 is 0 Å². The number of rotatable bonds is 2. The van der Waals surface area contributed by atoms with Gasteiger partial charge in [-0.2, -0.15) is 0 Å². The van der Waals surface area contributed by atoms with E-state index in [0.717, 1.165) is 12.8 Å². The van der Waals surface area contributed by atoms with Gasteiger partial charge in [0.2, 0.25) is 0 Å². The van der Waals surface area contributed by atoms with E-state index in [2.05, 4.69) is 15.0 Å². The van der Waals surface area contributed by atoms with Crippen LogP contribution in [-0.2, 0) is 6.42 Å². The van der Waals surface area contributed by atoms with Crippen molar-refractivity contribution in [3.63, 3.8) is 0 Å². The number of aromatic nitrogens is 3. The molecule has 0 fully saturated rings. The lowest BCUT2D eigenvalue weighted by atomic mass is 10.3. The van der Waals surface area contributed by atoms with E-state index in [1.807, 2.05) is 6.92 Å². The highest BCUT2D eigenvalue weighted by Gasteiger charge is 2.08. The minimum atomic E-state index is -0.254. The van der Waals surface area contributed by atoms with Crippen molar-refractivity contribution in [2.75, 3.05) is 0 Å². The van der Waals surface area contributed by atoms with Crippen LogP contribution in [0, 0.1) is 0 Å². The Kier molecular flexibility index (Phi) is 1.84. The fourth-order valence-corrected chi connectivity index (χ4v) is 1.13. The van der Waals surface area contributed by atoms with Crippen molar-refractivity contribution in [3.8, 4) is 0 Å². The van der Waals surface area contributed by atoms with Gasteiger partial charge >= 0.3 is 0 Å². The third-order valence-electron chi connectivity index (χ3n) is 1.71. The van der Waals surface area contributed by atoms with Crippen LogP contribution in [0.5, 0.6) is 0 Å². The minimum absolute atomic E-state index is 0.254. The van der Waals surface area contributed by atoms with Crippen LogP contribution in [0.25, 0.3) is 11.2 Å². The van der Waals surface area contributed by atoms with Gasteiger partial charge in [-0.25, -0.2) is 9.97 Å². The average Bonchev–Trinajstić information content (AvgIpc) is 2.49. The third-order valence-corrected chi connectivity index (χ3v) is 1.71. The second-order valence-electron chi connectivity index (χ2n) is 2.74. The molecule has 68 valence electrons. The molecule has 0 aliphatic heterocycles. The molecular formula is C8H9N3O2. The quantitative estimate of drug-likeness (QED) is 0.742. The molecule has 0 aliphatic carbocycles. The van der Waals surface area contributed by atoms with Gasteiger partial charge in [-0.3, -0.25) is 4.79 Å². The van der Waals surface area contributed by atoms with E-state index in [4.69, 9.17) is 4.42 Å². The van der Waals surface area contributed by atoms with Gasteiger partial charge in [0, 0.05) is 6.42 Å². The van der Waals surface area contributed by atoms with Gasteiger partial charge in [-0.1, -0.05) is 6.92 Å². The molecule has 0 aliphatic rings. The Bertz CT molecular complexity index is 471. The van der Waals surface area contributed by atoms with E-state index in [1.54, 1.807) is 0 Å². The molecule has 0 saturated carbocycles. The molecule has 0 spiro atoms. The lowest BCUT2D eigenvalue weighted by Gasteiger charge is -1.84. The zero-order valence-corrected chi connectivity index (χ0v) is 7.20. The van der Waals surface area contributed by atoms with Crippen LogP contribution in [0.4, 0.5) is 0 Å². The maximum absolute atomic E-state index is 11.2. The maximum atomic E-state index is 11.2. The van der Waals surface area contributed by atoms with Crippen LogP contribution in [0.3, 0.4) is 0 Å². The largest absolute Gasteiger partial charge is 0.422 e. The highest BCUT2D eigenvalue weighted by Crippen LogP contribution is 2.08. The predicted molar refractivity (Wildman–Crippen MR) is 46.4 cm³/mol. The monoisotopic (exact) mass is 179 g/mol. The van der Waals surface area contributed by atoms with Crippen LogP contribution in [-0.4, -0.2) is 15.0 Å². The first-order valence-electron chi connectivity index (χ1n) is 4.14. The maximum Gasteiger partial charge on any atom is 0.280 e. The van der Waals surface area contributed by atoms with Gasteiger partial charge in [0.15, 0.2) is 11.4 Å². The van der Waals surface area contributed by atoms with Crippen molar-refractivity contribution in [2.45, 2.75) is 19.8 Å². The number of nitrogens with zero attached hydrogens (tertiary/aromatic N) is 2. The van der Waals surface area contributed by atoms with Gasteiger partial charge < -0.3 is 9.40 Å². The number of nitrogens with one attached hydrogen (secondary N) is 1. The molecule has 2 heterocycles. The Morgan fingerprint density at radius 1 is 1.62 bits per heavy atom. The van der Waals surface area contributed by atoms with E-state index < -0.39 is 0 Å². The number of fused-ring (bicyclic) bond motifs is 1. The molecule has 1 N–H and O–H groups in total. The average molecular weight is 179 g/mol. The smallest absolute Gasteiger partial charge is 0.280 e. The number of aromatic amines is 1. The highest BCUT2D eigenvalue weighted by atomic mass is 16.4. The molecule has 0 bridgehead atoms.